The zero-order chi connectivity index (χ0) is 21.3. The van der Waals surface area contributed by atoms with E-state index in [1.165, 1.54) is 29.8 Å². The first-order valence-corrected chi connectivity index (χ1v) is 9.78. The van der Waals surface area contributed by atoms with Gasteiger partial charge in [-0.15, -0.1) is 11.3 Å². The zero-order valence-corrected chi connectivity index (χ0v) is 16.5. The SMILES string of the molecule is Fc1nc(F)c(F)c(Oc2ccc(CCNc3ncnc4scc(Cl)c34)cc2)c1F. The highest BCUT2D eigenvalue weighted by molar-refractivity contribution is 7.17. The molecule has 1 aromatic carbocycles. The number of halogens is 5. The molecule has 0 atom stereocenters. The molecule has 11 heteroatoms. The third-order valence-corrected chi connectivity index (χ3v) is 5.45. The molecule has 0 radical (unpaired) electrons. The summed E-state index contributed by atoms with van der Waals surface area (Å²) in [7, 11) is 0. The summed E-state index contributed by atoms with van der Waals surface area (Å²) in [5.74, 6) is -7.52. The third kappa shape index (κ3) is 4.01. The van der Waals surface area contributed by atoms with Crippen LogP contribution in [-0.4, -0.2) is 21.5 Å². The predicted molar refractivity (Wildman–Crippen MR) is 105 cm³/mol. The molecule has 0 spiro atoms. The zero-order valence-electron chi connectivity index (χ0n) is 14.9. The molecule has 30 heavy (non-hydrogen) atoms. The summed E-state index contributed by atoms with van der Waals surface area (Å²) >= 11 is 7.59. The molecule has 0 unspecified atom stereocenters. The number of nitrogens with one attached hydrogen (secondary N) is 1. The van der Waals surface area contributed by atoms with Gasteiger partial charge in [0.25, 0.3) is 11.9 Å². The molecule has 1 N–H and O–H groups in total. The number of thiophene rings is 1. The highest BCUT2D eigenvalue weighted by Crippen LogP contribution is 2.33. The van der Waals surface area contributed by atoms with Gasteiger partial charge < -0.3 is 10.1 Å². The van der Waals surface area contributed by atoms with Gasteiger partial charge in [0.05, 0.1) is 10.4 Å². The first kappa shape index (κ1) is 20.3. The van der Waals surface area contributed by atoms with Crippen LogP contribution in [0, 0.1) is 23.5 Å². The summed E-state index contributed by atoms with van der Waals surface area (Å²) in [4.78, 5) is 11.6. The lowest BCUT2D eigenvalue weighted by atomic mass is 10.1. The molecule has 5 nitrogen and oxygen atoms in total. The van der Waals surface area contributed by atoms with Crippen molar-refractivity contribution in [3.63, 3.8) is 0 Å². The van der Waals surface area contributed by atoms with Crippen molar-refractivity contribution < 1.29 is 22.3 Å². The Kier molecular flexibility index (Phi) is 5.69. The highest BCUT2D eigenvalue weighted by atomic mass is 35.5. The molecule has 0 amide bonds. The lowest BCUT2D eigenvalue weighted by Gasteiger charge is -2.10. The molecular weight excluding hydrogens is 444 g/mol. The maximum absolute atomic E-state index is 13.7. The molecule has 0 aliphatic carbocycles. The van der Waals surface area contributed by atoms with Crippen LogP contribution < -0.4 is 10.1 Å². The Hall–Kier alpha value is -2.98. The van der Waals surface area contributed by atoms with E-state index >= 15 is 0 Å². The smallest absolute Gasteiger partial charge is 0.255 e. The molecule has 3 aromatic heterocycles. The van der Waals surface area contributed by atoms with E-state index in [0.717, 1.165) is 15.8 Å². The van der Waals surface area contributed by atoms with E-state index in [4.69, 9.17) is 16.3 Å². The van der Waals surface area contributed by atoms with Crippen LogP contribution in [0.3, 0.4) is 0 Å². The van der Waals surface area contributed by atoms with Gasteiger partial charge in [0, 0.05) is 11.9 Å². The molecule has 4 rings (SSSR count). The fourth-order valence-corrected chi connectivity index (χ4v) is 3.83. The second-order valence-corrected chi connectivity index (χ2v) is 7.32. The maximum atomic E-state index is 13.7. The van der Waals surface area contributed by atoms with Crippen LogP contribution >= 0.6 is 22.9 Å². The van der Waals surface area contributed by atoms with Gasteiger partial charge in [-0.3, -0.25) is 0 Å². The van der Waals surface area contributed by atoms with Gasteiger partial charge in [0.15, 0.2) is 0 Å². The van der Waals surface area contributed by atoms with E-state index in [1.54, 1.807) is 17.5 Å². The van der Waals surface area contributed by atoms with Crippen molar-refractivity contribution in [2.24, 2.45) is 0 Å². The highest BCUT2D eigenvalue weighted by Gasteiger charge is 2.22. The maximum Gasteiger partial charge on any atom is 0.255 e. The second-order valence-electron chi connectivity index (χ2n) is 6.06. The second kappa shape index (κ2) is 8.41. The fraction of sp³-hybridized carbons (Fsp3) is 0.105. The number of hydrogen-bond donors (Lipinski definition) is 1. The average molecular weight is 455 g/mol. The van der Waals surface area contributed by atoms with Crippen molar-refractivity contribution in [1.29, 1.82) is 0 Å². The van der Waals surface area contributed by atoms with Gasteiger partial charge in [-0.25, -0.2) is 9.97 Å². The Morgan fingerprint density at radius 3 is 2.40 bits per heavy atom. The van der Waals surface area contributed by atoms with Crippen LogP contribution in [0.4, 0.5) is 23.4 Å². The number of ether oxygens (including phenoxy) is 1. The van der Waals surface area contributed by atoms with E-state index in [1.807, 2.05) is 0 Å². The van der Waals surface area contributed by atoms with E-state index in [0.29, 0.717) is 23.8 Å². The molecular formula is C19H11ClF4N4OS. The van der Waals surface area contributed by atoms with Gasteiger partial charge >= 0.3 is 0 Å². The molecule has 0 aliphatic rings. The predicted octanol–water partition coefficient (Wildman–Crippen LogP) is 5.74. The Labute approximate surface area is 176 Å². The van der Waals surface area contributed by atoms with Crippen LogP contribution in [-0.2, 0) is 6.42 Å². The Bertz CT molecular complexity index is 1190. The number of pyridine rings is 1. The first-order valence-electron chi connectivity index (χ1n) is 8.52. The molecule has 0 bridgehead atoms. The standard InChI is InChI=1S/C19H11ClF4N4OS/c20-11-7-30-19-12(11)18(26-8-27-19)25-6-5-9-1-3-10(4-2-9)29-15-13(21)16(23)28-17(24)14(15)22/h1-4,7-8H,5-6H2,(H,25,26,27). The average Bonchev–Trinajstić information content (AvgIpc) is 3.13. The van der Waals surface area contributed by atoms with Crippen molar-refractivity contribution in [1.82, 2.24) is 15.0 Å². The van der Waals surface area contributed by atoms with Crippen LogP contribution in [0.5, 0.6) is 11.5 Å². The Morgan fingerprint density at radius 2 is 1.70 bits per heavy atom. The monoisotopic (exact) mass is 454 g/mol. The lowest BCUT2D eigenvalue weighted by Crippen LogP contribution is -2.07. The van der Waals surface area contributed by atoms with Gasteiger partial charge in [-0.1, -0.05) is 23.7 Å². The van der Waals surface area contributed by atoms with E-state index in [2.05, 4.69) is 20.3 Å². The summed E-state index contributed by atoms with van der Waals surface area (Å²) in [5, 5.41) is 6.31. The molecule has 0 saturated heterocycles. The van der Waals surface area contributed by atoms with E-state index in [9.17, 15) is 17.6 Å². The van der Waals surface area contributed by atoms with Crippen molar-refractivity contribution in [2.45, 2.75) is 6.42 Å². The summed E-state index contributed by atoms with van der Waals surface area (Å²) in [6.45, 7) is 0.530. The molecule has 0 saturated carbocycles. The minimum atomic E-state index is -1.78. The quantitative estimate of drug-likeness (QED) is 0.297. The van der Waals surface area contributed by atoms with Crippen molar-refractivity contribution in [3.8, 4) is 11.5 Å². The van der Waals surface area contributed by atoms with Crippen LogP contribution in [0.1, 0.15) is 5.56 Å². The van der Waals surface area contributed by atoms with Crippen molar-refractivity contribution >= 4 is 39.0 Å². The van der Waals surface area contributed by atoms with Gasteiger partial charge in [0.2, 0.25) is 17.4 Å². The molecule has 4 aromatic rings. The minimum absolute atomic E-state index is 0.0112. The fourth-order valence-electron chi connectivity index (χ4n) is 2.70. The first-order chi connectivity index (χ1) is 14.4. The summed E-state index contributed by atoms with van der Waals surface area (Å²) in [6.07, 6.45) is 2.04. The molecule has 0 aliphatic heterocycles. The largest absolute Gasteiger partial charge is 0.451 e. The topological polar surface area (TPSA) is 59.9 Å². The van der Waals surface area contributed by atoms with Crippen molar-refractivity contribution in [3.05, 3.63) is 70.1 Å². The summed E-state index contributed by atoms with van der Waals surface area (Å²) in [6, 6.07) is 6.19. The minimum Gasteiger partial charge on any atom is -0.451 e. The van der Waals surface area contributed by atoms with Gasteiger partial charge in [-0.05, 0) is 24.1 Å². The van der Waals surface area contributed by atoms with Crippen LogP contribution in [0.15, 0.2) is 36.0 Å². The number of rotatable bonds is 6. The number of nitrogens with zero attached hydrogens (tertiary/aromatic N) is 3. The summed E-state index contributed by atoms with van der Waals surface area (Å²) in [5.41, 5.74) is 0.879. The van der Waals surface area contributed by atoms with Gasteiger partial charge in [-0.2, -0.15) is 22.5 Å². The lowest BCUT2D eigenvalue weighted by molar-refractivity contribution is 0.343. The molecule has 154 valence electrons. The number of hydrogen-bond acceptors (Lipinski definition) is 6. The van der Waals surface area contributed by atoms with E-state index < -0.39 is 29.3 Å². The van der Waals surface area contributed by atoms with Crippen LogP contribution in [0.25, 0.3) is 10.2 Å². The number of anilines is 1. The molecule has 3 heterocycles. The van der Waals surface area contributed by atoms with E-state index in [-0.39, 0.29) is 5.75 Å². The molecule has 0 fully saturated rings. The number of benzene rings is 1. The van der Waals surface area contributed by atoms with Gasteiger partial charge in [0.1, 0.15) is 22.7 Å². The Balaban J connectivity index is 1.42. The van der Waals surface area contributed by atoms with Crippen LogP contribution in [0.2, 0.25) is 5.02 Å². The number of fused-ring (bicyclic) bond motifs is 1. The summed E-state index contributed by atoms with van der Waals surface area (Å²) < 4.78 is 58.6. The number of aromatic nitrogens is 3. The Morgan fingerprint density at radius 1 is 1.00 bits per heavy atom. The van der Waals surface area contributed by atoms with Crippen molar-refractivity contribution in [2.75, 3.05) is 11.9 Å². The third-order valence-electron chi connectivity index (χ3n) is 4.13. The normalized spacial score (nSPS) is 11.1.